The van der Waals surface area contributed by atoms with Crippen LogP contribution in [0.25, 0.3) is 0 Å². The predicted octanol–water partition coefficient (Wildman–Crippen LogP) is 1.33. The molecule has 0 atom stereocenters. The minimum atomic E-state index is 1.06. The second-order valence-electron chi connectivity index (χ2n) is 10.2. The maximum Gasteiger partial charge on any atom is 0.128 e. The highest BCUT2D eigenvalue weighted by molar-refractivity contribution is 4.40. The third kappa shape index (κ3) is 11.4. The van der Waals surface area contributed by atoms with Crippen molar-refractivity contribution in [2.24, 2.45) is 0 Å². The van der Waals surface area contributed by atoms with Crippen molar-refractivity contribution in [3.8, 4) is 0 Å². The van der Waals surface area contributed by atoms with Crippen LogP contribution in [-0.4, -0.2) is 127 Å². The Kier molecular flexibility index (Phi) is 8.03. The van der Waals surface area contributed by atoms with Gasteiger partial charge >= 0.3 is 0 Å². The molecule has 0 aliphatic rings. The average molecular weight is 319 g/mol. The molecule has 0 rings (SSSR count). The zero-order chi connectivity index (χ0) is 17.7. The quantitative estimate of drug-likeness (QED) is 0.504. The summed E-state index contributed by atoms with van der Waals surface area (Å²) in [6, 6.07) is 0. The van der Waals surface area contributed by atoms with Crippen molar-refractivity contribution in [3.05, 3.63) is 0 Å². The van der Waals surface area contributed by atoms with E-state index in [0.29, 0.717) is 0 Å². The lowest BCUT2D eigenvalue weighted by Crippen LogP contribution is -2.56. The molecule has 0 unspecified atom stereocenters. The lowest BCUT2D eigenvalue weighted by atomic mass is 10.3. The summed E-state index contributed by atoms with van der Waals surface area (Å²) in [5.74, 6) is 0. The zero-order valence-electron chi connectivity index (χ0n) is 17.4. The van der Waals surface area contributed by atoms with Crippen LogP contribution in [0.1, 0.15) is 13.3 Å². The van der Waals surface area contributed by atoms with Crippen molar-refractivity contribution in [1.29, 1.82) is 0 Å². The van der Waals surface area contributed by atoms with Crippen molar-refractivity contribution in [1.82, 2.24) is 0 Å². The highest BCUT2D eigenvalue weighted by atomic mass is 15.4. The maximum absolute atomic E-state index is 2.39. The largest absolute Gasteiger partial charge is 0.326 e. The molecular weight excluding hydrogens is 272 g/mol. The molecule has 0 amide bonds. The molecule has 4 nitrogen and oxygen atoms in total. The first-order valence-corrected chi connectivity index (χ1v) is 8.95. The Bertz CT molecular complexity index is 314. The third-order valence-electron chi connectivity index (χ3n) is 4.83. The second-order valence-corrected chi connectivity index (χ2v) is 10.2. The van der Waals surface area contributed by atoms with Gasteiger partial charge in [0.2, 0.25) is 0 Å². The van der Waals surface area contributed by atoms with Gasteiger partial charge in [0.25, 0.3) is 0 Å². The van der Waals surface area contributed by atoms with E-state index in [-0.39, 0.29) is 0 Å². The molecule has 0 aliphatic carbocycles. The van der Waals surface area contributed by atoms with E-state index >= 15 is 0 Å². The van der Waals surface area contributed by atoms with E-state index < -0.39 is 0 Å². The summed E-state index contributed by atoms with van der Waals surface area (Å²) in [6.45, 7) is 11.1. The van der Waals surface area contributed by atoms with Gasteiger partial charge in [-0.3, -0.25) is 0 Å². The van der Waals surface area contributed by atoms with Gasteiger partial charge in [0.05, 0.1) is 70.0 Å². The van der Waals surface area contributed by atoms with Crippen LogP contribution >= 0.6 is 0 Å². The van der Waals surface area contributed by atoms with Gasteiger partial charge in [-0.1, -0.05) is 6.92 Å². The van der Waals surface area contributed by atoms with Crippen molar-refractivity contribution in [2.75, 3.05) is 109 Å². The minimum absolute atomic E-state index is 1.06. The minimum Gasteiger partial charge on any atom is -0.326 e. The first-order chi connectivity index (χ1) is 9.68. The summed E-state index contributed by atoms with van der Waals surface area (Å²) < 4.78 is 4.47. The molecule has 0 radical (unpaired) electrons. The Morgan fingerprint density at radius 1 is 0.409 bits per heavy atom. The molecule has 22 heavy (non-hydrogen) atoms. The first kappa shape index (κ1) is 21.8. The molecule has 0 spiro atoms. The van der Waals surface area contributed by atoms with Gasteiger partial charge in [-0.2, -0.15) is 0 Å². The van der Waals surface area contributed by atoms with Gasteiger partial charge in [0.15, 0.2) is 0 Å². The predicted molar refractivity (Wildman–Crippen MR) is 98.7 cm³/mol. The van der Waals surface area contributed by atoms with Crippen LogP contribution < -0.4 is 0 Å². The van der Waals surface area contributed by atoms with Crippen molar-refractivity contribution in [3.63, 3.8) is 0 Å². The molecule has 0 aromatic rings. The molecule has 0 aromatic carbocycles. The highest BCUT2D eigenvalue weighted by Gasteiger charge is 2.27. The molecule has 0 saturated carbocycles. The maximum atomic E-state index is 2.39. The van der Waals surface area contributed by atoms with E-state index in [2.05, 4.69) is 70.4 Å². The molecule has 0 bridgehead atoms. The molecule has 0 aliphatic heterocycles. The topological polar surface area (TPSA) is 0 Å². The van der Waals surface area contributed by atoms with Crippen LogP contribution in [0, 0.1) is 0 Å². The summed E-state index contributed by atoms with van der Waals surface area (Å²) in [7, 11) is 21.1. The Balaban J connectivity index is 4.30. The van der Waals surface area contributed by atoms with E-state index in [1.807, 2.05) is 0 Å². The molecule has 4 heteroatoms. The number of quaternary nitrogens is 4. The van der Waals surface area contributed by atoms with Crippen LogP contribution in [0.15, 0.2) is 0 Å². The number of hydrogen-bond donors (Lipinski definition) is 0. The van der Waals surface area contributed by atoms with E-state index in [1.54, 1.807) is 0 Å². The lowest BCUT2D eigenvalue weighted by Gasteiger charge is -2.38. The Labute approximate surface area is 141 Å². The normalized spacial score (nSPS) is 14.5. The van der Waals surface area contributed by atoms with Crippen molar-refractivity contribution < 1.29 is 17.9 Å². The number of nitrogens with zero attached hydrogens (tertiary/aromatic N) is 4. The standard InChI is InChI=1S/C18H46N4/c1-11-12-20(5,6)15-16-22(9,10)18-17-21(7,8)14-13-19(2,3)4/h11-18H2,1-10H3/q+4. The van der Waals surface area contributed by atoms with E-state index in [0.717, 1.165) is 17.9 Å². The van der Waals surface area contributed by atoms with Gasteiger partial charge in [-0.15, -0.1) is 0 Å². The molecule has 0 heterocycles. The van der Waals surface area contributed by atoms with Crippen molar-refractivity contribution in [2.45, 2.75) is 13.3 Å². The van der Waals surface area contributed by atoms with Gasteiger partial charge < -0.3 is 17.9 Å². The zero-order valence-corrected chi connectivity index (χ0v) is 17.4. The van der Waals surface area contributed by atoms with E-state index in [9.17, 15) is 0 Å². The molecule has 134 valence electrons. The Morgan fingerprint density at radius 2 is 0.682 bits per heavy atom. The summed E-state index contributed by atoms with van der Waals surface area (Å²) >= 11 is 0. The fourth-order valence-electron chi connectivity index (χ4n) is 2.59. The third-order valence-corrected chi connectivity index (χ3v) is 4.83. The van der Waals surface area contributed by atoms with Crippen LogP contribution in [0.3, 0.4) is 0 Å². The number of hydrogen-bond acceptors (Lipinski definition) is 0. The fourth-order valence-corrected chi connectivity index (χ4v) is 2.59. The molecule has 0 aromatic heterocycles. The van der Waals surface area contributed by atoms with Gasteiger partial charge in [0.1, 0.15) is 39.3 Å². The molecule has 0 saturated heterocycles. The summed E-state index contributed by atoms with van der Waals surface area (Å²) in [5, 5.41) is 0. The van der Waals surface area contributed by atoms with Crippen LogP contribution in [0.5, 0.6) is 0 Å². The van der Waals surface area contributed by atoms with E-state index in [4.69, 9.17) is 0 Å². The van der Waals surface area contributed by atoms with E-state index in [1.165, 1.54) is 52.2 Å². The van der Waals surface area contributed by atoms with Gasteiger partial charge in [0, 0.05) is 0 Å². The average Bonchev–Trinajstić information content (AvgIpc) is 2.32. The SMILES string of the molecule is CCC[N+](C)(C)CC[N+](C)(C)CC[N+](C)(C)CC[N+](C)(C)C. The van der Waals surface area contributed by atoms with Gasteiger partial charge in [-0.25, -0.2) is 0 Å². The highest BCUT2D eigenvalue weighted by Crippen LogP contribution is 2.07. The van der Waals surface area contributed by atoms with Crippen LogP contribution in [-0.2, 0) is 0 Å². The monoisotopic (exact) mass is 318 g/mol. The smallest absolute Gasteiger partial charge is 0.128 e. The number of likely N-dealkylation sites (N-methyl/N-ethyl adjacent to an activating group) is 4. The van der Waals surface area contributed by atoms with Crippen molar-refractivity contribution >= 4 is 0 Å². The van der Waals surface area contributed by atoms with Crippen LogP contribution in [0.2, 0.25) is 0 Å². The summed E-state index contributed by atoms with van der Waals surface area (Å²) in [5.41, 5.74) is 0. The Morgan fingerprint density at radius 3 is 0.955 bits per heavy atom. The molecule has 0 N–H and O–H groups in total. The molecular formula is C18H46N4+4. The number of rotatable bonds is 11. The van der Waals surface area contributed by atoms with Gasteiger partial charge in [-0.05, 0) is 6.42 Å². The first-order valence-electron chi connectivity index (χ1n) is 8.95. The van der Waals surface area contributed by atoms with Crippen LogP contribution in [0.4, 0.5) is 0 Å². The fraction of sp³-hybridized carbons (Fsp3) is 1.00. The Hall–Kier alpha value is -0.160. The summed E-state index contributed by atoms with van der Waals surface area (Å²) in [6.07, 6.45) is 1.27. The summed E-state index contributed by atoms with van der Waals surface area (Å²) in [4.78, 5) is 0. The lowest BCUT2D eigenvalue weighted by molar-refractivity contribution is -0.976. The second kappa shape index (κ2) is 8.09. The molecule has 0 fully saturated rings.